The fraction of sp³-hybridized carbons (Fsp3) is 0.0476. The molecule has 0 bridgehead atoms. The highest BCUT2D eigenvalue weighted by atomic mass is 35.5. The van der Waals surface area contributed by atoms with Crippen molar-refractivity contribution >= 4 is 34.2 Å². The van der Waals surface area contributed by atoms with Crippen LogP contribution in [-0.2, 0) is 11.2 Å². The molecule has 1 amide bonds. The van der Waals surface area contributed by atoms with Crippen molar-refractivity contribution in [3.63, 3.8) is 0 Å². The number of hydrogen-bond donors (Lipinski definition) is 2. The van der Waals surface area contributed by atoms with E-state index in [1.807, 2.05) is 42.6 Å². The van der Waals surface area contributed by atoms with Crippen molar-refractivity contribution in [1.82, 2.24) is 9.97 Å². The average molecular weight is 378 g/mol. The fourth-order valence-electron chi connectivity index (χ4n) is 2.77. The third kappa shape index (κ3) is 4.27. The summed E-state index contributed by atoms with van der Waals surface area (Å²) in [5, 5.41) is 4.48. The van der Waals surface area contributed by atoms with Gasteiger partial charge in [-0.05, 0) is 59.5 Å². The van der Waals surface area contributed by atoms with Crippen LogP contribution in [0.25, 0.3) is 10.9 Å². The van der Waals surface area contributed by atoms with E-state index in [-0.39, 0.29) is 12.3 Å². The monoisotopic (exact) mass is 377 g/mol. The van der Waals surface area contributed by atoms with E-state index in [2.05, 4.69) is 15.3 Å². The SMILES string of the molecule is O=C(Cc1ccc2[nH]ccc2c1)Nc1ccc(Oc2cccc(Cl)c2)cn1. The molecule has 0 spiro atoms. The molecule has 4 rings (SSSR count). The summed E-state index contributed by atoms with van der Waals surface area (Å²) in [6, 6.07) is 18.5. The molecule has 0 saturated heterocycles. The van der Waals surface area contributed by atoms with Crippen molar-refractivity contribution < 1.29 is 9.53 Å². The third-order valence-corrected chi connectivity index (χ3v) is 4.25. The number of pyridine rings is 1. The molecule has 4 aromatic rings. The second-order valence-corrected chi connectivity index (χ2v) is 6.50. The van der Waals surface area contributed by atoms with Gasteiger partial charge in [0.05, 0.1) is 12.6 Å². The van der Waals surface area contributed by atoms with Crippen LogP contribution in [0.2, 0.25) is 5.02 Å². The van der Waals surface area contributed by atoms with E-state index in [0.717, 1.165) is 16.5 Å². The van der Waals surface area contributed by atoms with Crippen LogP contribution in [0.3, 0.4) is 0 Å². The fourth-order valence-corrected chi connectivity index (χ4v) is 2.95. The summed E-state index contributed by atoms with van der Waals surface area (Å²) in [6.45, 7) is 0. The molecule has 0 aliphatic heterocycles. The summed E-state index contributed by atoms with van der Waals surface area (Å²) < 4.78 is 5.69. The minimum absolute atomic E-state index is 0.124. The minimum Gasteiger partial charge on any atom is -0.456 e. The number of hydrogen-bond acceptors (Lipinski definition) is 3. The Morgan fingerprint density at radius 3 is 2.81 bits per heavy atom. The molecule has 2 N–H and O–H groups in total. The number of nitrogens with one attached hydrogen (secondary N) is 2. The number of anilines is 1. The number of amides is 1. The third-order valence-electron chi connectivity index (χ3n) is 4.02. The first kappa shape index (κ1) is 17.1. The molecule has 0 unspecified atom stereocenters. The van der Waals surface area contributed by atoms with E-state index < -0.39 is 0 Å². The number of fused-ring (bicyclic) bond motifs is 1. The van der Waals surface area contributed by atoms with Crippen LogP contribution < -0.4 is 10.1 Å². The van der Waals surface area contributed by atoms with E-state index in [9.17, 15) is 4.79 Å². The Labute approximate surface area is 161 Å². The number of aromatic nitrogens is 2. The highest BCUT2D eigenvalue weighted by Crippen LogP contribution is 2.24. The Morgan fingerprint density at radius 1 is 1.07 bits per heavy atom. The van der Waals surface area contributed by atoms with Crippen LogP contribution in [0.1, 0.15) is 5.56 Å². The summed E-state index contributed by atoms with van der Waals surface area (Å²) in [7, 11) is 0. The van der Waals surface area contributed by atoms with E-state index in [0.29, 0.717) is 22.3 Å². The van der Waals surface area contributed by atoms with Gasteiger partial charge >= 0.3 is 0 Å². The van der Waals surface area contributed by atoms with E-state index in [4.69, 9.17) is 16.3 Å². The molecular weight excluding hydrogens is 362 g/mol. The Kier molecular flexibility index (Phi) is 4.77. The van der Waals surface area contributed by atoms with Crippen LogP contribution in [0.4, 0.5) is 5.82 Å². The van der Waals surface area contributed by atoms with Crippen LogP contribution in [0.15, 0.2) is 73.1 Å². The molecule has 0 radical (unpaired) electrons. The van der Waals surface area contributed by atoms with Gasteiger partial charge in [0, 0.05) is 16.7 Å². The Morgan fingerprint density at radius 2 is 2.00 bits per heavy atom. The second kappa shape index (κ2) is 7.51. The zero-order valence-electron chi connectivity index (χ0n) is 14.3. The summed E-state index contributed by atoms with van der Waals surface area (Å²) in [4.78, 5) is 19.6. The lowest BCUT2D eigenvalue weighted by Crippen LogP contribution is -2.15. The van der Waals surface area contributed by atoms with Crippen molar-refractivity contribution in [2.75, 3.05) is 5.32 Å². The first-order valence-corrected chi connectivity index (χ1v) is 8.79. The van der Waals surface area contributed by atoms with Crippen molar-refractivity contribution in [2.45, 2.75) is 6.42 Å². The summed E-state index contributed by atoms with van der Waals surface area (Å²) in [5.41, 5.74) is 2.00. The van der Waals surface area contributed by atoms with Crippen LogP contribution in [0, 0.1) is 0 Å². The number of halogens is 1. The molecule has 2 aromatic heterocycles. The number of H-pyrrole nitrogens is 1. The lowest BCUT2D eigenvalue weighted by molar-refractivity contribution is -0.115. The molecule has 0 atom stereocenters. The van der Waals surface area contributed by atoms with Gasteiger partial charge in [0.2, 0.25) is 5.91 Å². The number of ether oxygens (including phenoxy) is 1. The van der Waals surface area contributed by atoms with E-state index >= 15 is 0 Å². The van der Waals surface area contributed by atoms with Gasteiger partial charge in [-0.25, -0.2) is 4.98 Å². The van der Waals surface area contributed by atoms with Crippen molar-refractivity contribution in [1.29, 1.82) is 0 Å². The minimum atomic E-state index is -0.124. The topological polar surface area (TPSA) is 67.0 Å². The zero-order valence-corrected chi connectivity index (χ0v) is 15.0. The normalized spacial score (nSPS) is 10.7. The Balaban J connectivity index is 1.38. The molecule has 0 aliphatic carbocycles. The Hall–Kier alpha value is -3.31. The lowest BCUT2D eigenvalue weighted by atomic mass is 10.1. The van der Waals surface area contributed by atoms with Gasteiger partial charge < -0.3 is 15.0 Å². The summed E-state index contributed by atoms with van der Waals surface area (Å²) >= 11 is 5.94. The number of rotatable bonds is 5. The lowest BCUT2D eigenvalue weighted by Gasteiger charge is -2.08. The van der Waals surface area contributed by atoms with Gasteiger partial charge in [-0.1, -0.05) is 23.7 Å². The quantitative estimate of drug-likeness (QED) is 0.503. The summed E-state index contributed by atoms with van der Waals surface area (Å²) in [6.07, 6.45) is 3.72. The number of carbonyl (C=O) groups is 1. The van der Waals surface area contributed by atoms with E-state index in [1.165, 1.54) is 0 Å². The number of nitrogens with zero attached hydrogens (tertiary/aromatic N) is 1. The molecular formula is C21H16ClN3O2. The maximum Gasteiger partial charge on any atom is 0.229 e. The van der Waals surface area contributed by atoms with Gasteiger partial charge in [0.25, 0.3) is 0 Å². The van der Waals surface area contributed by atoms with Crippen molar-refractivity contribution in [3.05, 3.63) is 83.6 Å². The number of benzene rings is 2. The van der Waals surface area contributed by atoms with E-state index in [1.54, 1.807) is 30.5 Å². The standard InChI is InChI=1S/C21H16ClN3O2/c22-16-2-1-3-17(12-16)27-18-5-7-20(24-13-18)25-21(26)11-14-4-6-19-15(10-14)8-9-23-19/h1-10,12-13,23H,11H2,(H,24,25,26). The average Bonchev–Trinajstić information content (AvgIpc) is 3.11. The largest absolute Gasteiger partial charge is 0.456 e. The van der Waals surface area contributed by atoms with Gasteiger partial charge in [-0.15, -0.1) is 0 Å². The predicted molar refractivity (Wildman–Crippen MR) is 106 cm³/mol. The van der Waals surface area contributed by atoms with Crippen LogP contribution in [-0.4, -0.2) is 15.9 Å². The first-order chi connectivity index (χ1) is 13.2. The number of aromatic amines is 1. The van der Waals surface area contributed by atoms with Crippen LogP contribution >= 0.6 is 11.6 Å². The van der Waals surface area contributed by atoms with Crippen molar-refractivity contribution in [3.8, 4) is 11.5 Å². The smallest absolute Gasteiger partial charge is 0.229 e. The maximum atomic E-state index is 12.3. The highest BCUT2D eigenvalue weighted by molar-refractivity contribution is 6.30. The van der Waals surface area contributed by atoms with Crippen molar-refractivity contribution in [2.24, 2.45) is 0 Å². The summed E-state index contributed by atoms with van der Waals surface area (Å²) in [5.74, 6) is 1.54. The second-order valence-electron chi connectivity index (χ2n) is 6.06. The van der Waals surface area contributed by atoms with Gasteiger partial charge in [-0.3, -0.25) is 4.79 Å². The van der Waals surface area contributed by atoms with Gasteiger partial charge in [-0.2, -0.15) is 0 Å². The van der Waals surface area contributed by atoms with Crippen LogP contribution in [0.5, 0.6) is 11.5 Å². The zero-order chi connectivity index (χ0) is 18.6. The molecule has 0 aliphatic rings. The molecule has 27 heavy (non-hydrogen) atoms. The number of carbonyl (C=O) groups excluding carboxylic acids is 1. The molecule has 5 nitrogen and oxygen atoms in total. The molecule has 2 heterocycles. The maximum absolute atomic E-state index is 12.3. The first-order valence-electron chi connectivity index (χ1n) is 8.41. The predicted octanol–water partition coefficient (Wildman–Crippen LogP) is 5.19. The molecule has 6 heteroatoms. The van der Waals surface area contributed by atoms with Gasteiger partial charge in [0.15, 0.2) is 0 Å². The molecule has 0 fully saturated rings. The molecule has 134 valence electrons. The molecule has 0 saturated carbocycles. The Bertz CT molecular complexity index is 1090. The van der Waals surface area contributed by atoms with Gasteiger partial charge in [0.1, 0.15) is 17.3 Å². The highest BCUT2D eigenvalue weighted by Gasteiger charge is 2.07. The molecule has 2 aromatic carbocycles.